The summed E-state index contributed by atoms with van der Waals surface area (Å²) in [6, 6.07) is 8.62. The second-order valence-electron chi connectivity index (χ2n) is 5.10. The lowest BCUT2D eigenvalue weighted by molar-refractivity contribution is 0.398. The molecule has 2 aromatic rings. The van der Waals surface area contributed by atoms with Crippen molar-refractivity contribution >= 4 is 10.0 Å². The van der Waals surface area contributed by atoms with Crippen molar-refractivity contribution in [3.8, 4) is 0 Å². The third kappa shape index (κ3) is 3.11. The fraction of sp³-hybridized carbons (Fsp3) is 0.267. The molecule has 3 rings (SSSR count). The van der Waals surface area contributed by atoms with Crippen molar-refractivity contribution in [1.29, 1.82) is 0 Å². The van der Waals surface area contributed by atoms with Gasteiger partial charge in [0.1, 0.15) is 5.82 Å². The van der Waals surface area contributed by atoms with Crippen molar-refractivity contribution in [2.75, 3.05) is 0 Å². The molecule has 1 aromatic carbocycles. The van der Waals surface area contributed by atoms with E-state index in [1.54, 1.807) is 18.5 Å². The van der Waals surface area contributed by atoms with E-state index in [4.69, 9.17) is 0 Å². The zero-order valence-corrected chi connectivity index (χ0v) is 12.1. The van der Waals surface area contributed by atoms with Crippen molar-refractivity contribution in [2.45, 2.75) is 30.3 Å². The molecule has 21 heavy (non-hydrogen) atoms. The van der Waals surface area contributed by atoms with Crippen LogP contribution in [-0.4, -0.2) is 23.7 Å². The Hall–Kier alpha value is -1.79. The molecular formula is C15H15FN2O2S. The third-order valence-electron chi connectivity index (χ3n) is 3.44. The van der Waals surface area contributed by atoms with Gasteiger partial charge in [0.2, 0.25) is 10.0 Å². The van der Waals surface area contributed by atoms with E-state index < -0.39 is 15.8 Å². The molecule has 1 heterocycles. The first kappa shape index (κ1) is 14.2. The summed E-state index contributed by atoms with van der Waals surface area (Å²) in [5.74, 6) is -0.445. The SMILES string of the molecule is O=S(=O)(c1ccc(F)cc1)N(Cc1cccnc1)C1CC1. The van der Waals surface area contributed by atoms with Crippen molar-refractivity contribution in [1.82, 2.24) is 9.29 Å². The van der Waals surface area contributed by atoms with Crippen molar-refractivity contribution in [3.63, 3.8) is 0 Å². The summed E-state index contributed by atoms with van der Waals surface area (Å²) in [5.41, 5.74) is 0.843. The van der Waals surface area contributed by atoms with Gasteiger partial charge >= 0.3 is 0 Å². The van der Waals surface area contributed by atoms with Gasteiger partial charge in [0.15, 0.2) is 0 Å². The summed E-state index contributed by atoms with van der Waals surface area (Å²) in [4.78, 5) is 4.14. The number of rotatable bonds is 5. The van der Waals surface area contributed by atoms with E-state index >= 15 is 0 Å². The van der Waals surface area contributed by atoms with E-state index in [0.717, 1.165) is 18.4 Å². The summed E-state index contributed by atoms with van der Waals surface area (Å²) in [5, 5.41) is 0. The molecule has 1 aliphatic rings. The van der Waals surface area contributed by atoms with E-state index in [2.05, 4.69) is 4.98 Å². The normalized spacial score (nSPS) is 15.3. The molecule has 1 saturated carbocycles. The molecule has 0 radical (unpaired) electrons. The highest BCUT2D eigenvalue weighted by atomic mass is 32.2. The van der Waals surface area contributed by atoms with Crippen LogP contribution < -0.4 is 0 Å². The van der Waals surface area contributed by atoms with E-state index in [-0.39, 0.29) is 17.5 Å². The van der Waals surface area contributed by atoms with Crippen LogP contribution in [0.5, 0.6) is 0 Å². The molecule has 0 N–H and O–H groups in total. The fourth-order valence-electron chi connectivity index (χ4n) is 2.19. The molecule has 0 bridgehead atoms. The molecule has 6 heteroatoms. The van der Waals surface area contributed by atoms with E-state index in [0.29, 0.717) is 0 Å². The summed E-state index contributed by atoms with van der Waals surface area (Å²) in [7, 11) is -3.61. The zero-order chi connectivity index (χ0) is 14.9. The maximum Gasteiger partial charge on any atom is 0.243 e. The number of hydrogen-bond acceptors (Lipinski definition) is 3. The van der Waals surface area contributed by atoms with Gasteiger partial charge in [-0.15, -0.1) is 0 Å². The van der Waals surface area contributed by atoms with Crippen molar-refractivity contribution in [2.24, 2.45) is 0 Å². The highest BCUT2D eigenvalue weighted by Crippen LogP contribution is 2.33. The number of halogens is 1. The van der Waals surface area contributed by atoms with Crippen LogP contribution in [0.25, 0.3) is 0 Å². The average molecular weight is 306 g/mol. The minimum atomic E-state index is -3.61. The first-order chi connectivity index (χ1) is 10.1. The number of pyridine rings is 1. The lowest BCUT2D eigenvalue weighted by atomic mass is 10.3. The molecule has 1 aliphatic carbocycles. The molecule has 0 amide bonds. The van der Waals surface area contributed by atoms with Gasteiger partial charge in [-0.05, 0) is 48.7 Å². The molecule has 110 valence electrons. The van der Waals surface area contributed by atoms with Gasteiger partial charge in [-0.25, -0.2) is 12.8 Å². The van der Waals surface area contributed by atoms with Gasteiger partial charge in [0, 0.05) is 25.0 Å². The molecule has 1 fully saturated rings. The monoisotopic (exact) mass is 306 g/mol. The maximum absolute atomic E-state index is 13.0. The molecule has 0 spiro atoms. The van der Waals surface area contributed by atoms with Gasteiger partial charge in [-0.3, -0.25) is 4.98 Å². The molecule has 0 saturated heterocycles. The summed E-state index contributed by atoms with van der Waals surface area (Å²) in [6.45, 7) is 0.290. The number of aromatic nitrogens is 1. The van der Waals surface area contributed by atoms with Gasteiger partial charge in [-0.2, -0.15) is 4.31 Å². The largest absolute Gasteiger partial charge is 0.264 e. The third-order valence-corrected chi connectivity index (χ3v) is 5.35. The minimum Gasteiger partial charge on any atom is -0.264 e. The lowest BCUT2D eigenvalue weighted by Gasteiger charge is -2.21. The van der Waals surface area contributed by atoms with Crippen LogP contribution in [0.2, 0.25) is 0 Å². The van der Waals surface area contributed by atoms with Crippen molar-refractivity contribution < 1.29 is 12.8 Å². The molecule has 0 unspecified atom stereocenters. The Bertz CT molecular complexity index is 713. The topological polar surface area (TPSA) is 50.3 Å². The summed E-state index contributed by atoms with van der Waals surface area (Å²) >= 11 is 0. The Balaban J connectivity index is 1.91. The fourth-order valence-corrected chi connectivity index (χ4v) is 3.86. The van der Waals surface area contributed by atoms with Gasteiger partial charge in [0.25, 0.3) is 0 Å². The Kier molecular flexibility index (Phi) is 3.73. The van der Waals surface area contributed by atoms with E-state index in [1.165, 1.54) is 28.6 Å². The van der Waals surface area contributed by atoms with Gasteiger partial charge in [0.05, 0.1) is 4.90 Å². The highest BCUT2D eigenvalue weighted by Gasteiger charge is 2.38. The Morgan fingerprint density at radius 1 is 1.19 bits per heavy atom. The van der Waals surface area contributed by atoms with Crippen LogP contribution in [0.15, 0.2) is 53.7 Å². The van der Waals surface area contributed by atoms with Crippen LogP contribution in [0.3, 0.4) is 0 Å². The number of nitrogens with zero attached hydrogens (tertiary/aromatic N) is 2. The zero-order valence-electron chi connectivity index (χ0n) is 11.3. The Morgan fingerprint density at radius 2 is 1.90 bits per heavy atom. The molecule has 4 nitrogen and oxygen atoms in total. The molecule has 0 atom stereocenters. The Labute approximate surface area is 123 Å². The minimum absolute atomic E-state index is 0.0280. The second kappa shape index (κ2) is 5.54. The second-order valence-corrected chi connectivity index (χ2v) is 6.99. The number of benzene rings is 1. The van der Waals surface area contributed by atoms with Crippen LogP contribution in [0.4, 0.5) is 4.39 Å². The number of hydrogen-bond donors (Lipinski definition) is 0. The predicted octanol–water partition coefficient (Wildman–Crippen LogP) is 2.57. The molecule has 0 aliphatic heterocycles. The smallest absolute Gasteiger partial charge is 0.243 e. The van der Waals surface area contributed by atoms with Crippen molar-refractivity contribution in [3.05, 3.63) is 60.2 Å². The quantitative estimate of drug-likeness (QED) is 0.853. The summed E-state index contributed by atoms with van der Waals surface area (Å²) in [6.07, 6.45) is 5.04. The first-order valence-electron chi connectivity index (χ1n) is 6.74. The summed E-state index contributed by atoms with van der Waals surface area (Å²) < 4.78 is 39.9. The average Bonchev–Trinajstić information content (AvgIpc) is 3.31. The predicted molar refractivity (Wildman–Crippen MR) is 76.4 cm³/mol. The van der Waals surface area contributed by atoms with E-state index in [1.807, 2.05) is 6.07 Å². The maximum atomic E-state index is 13.0. The number of sulfonamides is 1. The standard InChI is InChI=1S/C15H15FN2O2S/c16-13-3-7-15(8-4-13)21(19,20)18(14-5-6-14)11-12-2-1-9-17-10-12/h1-4,7-10,14H,5-6,11H2. The molecular weight excluding hydrogens is 291 g/mol. The van der Waals surface area contributed by atoms with Crippen LogP contribution >= 0.6 is 0 Å². The van der Waals surface area contributed by atoms with Crippen LogP contribution in [-0.2, 0) is 16.6 Å². The Morgan fingerprint density at radius 3 is 2.48 bits per heavy atom. The first-order valence-corrected chi connectivity index (χ1v) is 8.18. The highest BCUT2D eigenvalue weighted by molar-refractivity contribution is 7.89. The van der Waals surface area contributed by atoms with Gasteiger partial charge < -0.3 is 0 Å². The van der Waals surface area contributed by atoms with Gasteiger partial charge in [-0.1, -0.05) is 6.07 Å². The van der Waals surface area contributed by atoms with Crippen LogP contribution in [0.1, 0.15) is 18.4 Å². The van der Waals surface area contributed by atoms with Crippen LogP contribution in [0, 0.1) is 5.82 Å². The van der Waals surface area contributed by atoms with E-state index in [9.17, 15) is 12.8 Å². The molecule has 1 aromatic heterocycles. The lowest BCUT2D eigenvalue weighted by Crippen LogP contribution is -2.32.